The summed E-state index contributed by atoms with van der Waals surface area (Å²) in [5.41, 5.74) is 2.45. The van der Waals surface area contributed by atoms with Crippen LogP contribution in [0, 0.1) is 12.7 Å². The lowest BCUT2D eigenvalue weighted by atomic mass is 10.1. The van der Waals surface area contributed by atoms with E-state index in [0.29, 0.717) is 33.6 Å². The molecule has 3 aromatic rings. The Hall–Kier alpha value is -3.25. The zero-order valence-electron chi connectivity index (χ0n) is 14.4. The molecule has 1 aromatic heterocycles. The summed E-state index contributed by atoms with van der Waals surface area (Å²) in [6, 6.07) is 17.2. The first-order valence-electron chi connectivity index (χ1n) is 8.31. The lowest BCUT2D eigenvalue weighted by Crippen LogP contribution is -2.30. The lowest BCUT2D eigenvalue weighted by Gasteiger charge is -2.13. The van der Waals surface area contributed by atoms with Gasteiger partial charge in [-0.15, -0.1) is 0 Å². The minimum atomic E-state index is -0.368. The summed E-state index contributed by atoms with van der Waals surface area (Å²) < 4.78 is 19.6. The van der Waals surface area contributed by atoms with Crippen molar-refractivity contribution in [3.05, 3.63) is 83.5 Å². The highest BCUT2D eigenvalue weighted by Crippen LogP contribution is 2.27. The summed E-state index contributed by atoms with van der Waals surface area (Å²) in [5, 5.41) is 3.21. The van der Waals surface area contributed by atoms with Crippen molar-refractivity contribution in [2.24, 2.45) is 0 Å². The molecule has 4 nitrogen and oxygen atoms in total. The number of thiocarbonyl (C=S) groups is 1. The smallest absolute Gasteiger partial charge is 0.281 e. The van der Waals surface area contributed by atoms with Gasteiger partial charge in [0, 0.05) is 6.08 Å². The zero-order valence-corrected chi connectivity index (χ0v) is 15.2. The summed E-state index contributed by atoms with van der Waals surface area (Å²) in [6.45, 7) is 1.97. The normalized spacial score (nSPS) is 15.5. The maximum absolute atomic E-state index is 13.9. The highest BCUT2D eigenvalue weighted by Gasteiger charge is 2.32. The van der Waals surface area contributed by atoms with Gasteiger partial charge in [-0.05, 0) is 55.5 Å². The van der Waals surface area contributed by atoms with Crippen LogP contribution in [0.2, 0.25) is 0 Å². The molecule has 1 amide bonds. The standard InChI is InChI=1S/C21H15FN2O2S/c1-13-6-8-14(9-7-13)24-20(25)18(23-21(24)27)12-15-10-11-19(26-15)16-4-2-3-5-17(16)22/h2-12H,1H3,(H,23,27)/b18-12+. The van der Waals surface area contributed by atoms with Crippen LogP contribution >= 0.6 is 12.2 Å². The Morgan fingerprint density at radius 2 is 1.81 bits per heavy atom. The number of benzene rings is 2. The maximum atomic E-state index is 13.9. The van der Waals surface area contributed by atoms with Crippen molar-refractivity contribution in [2.45, 2.75) is 6.92 Å². The molecule has 0 saturated carbocycles. The van der Waals surface area contributed by atoms with E-state index >= 15 is 0 Å². The number of hydrogen-bond acceptors (Lipinski definition) is 3. The van der Waals surface area contributed by atoms with Gasteiger partial charge in [-0.1, -0.05) is 29.8 Å². The number of anilines is 1. The number of aryl methyl sites for hydroxylation is 1. The molecule has 1 saturated heterocycles. The molecule has 1 aliphatic rings. The summed E-state index contributed by atoms with van der Waals surface area (Å²) in [6.07, 6.45) is 1.56. The molecule has 1 N–H and O–H groups in total. The molecular formula is C21H15FN2O2S. The number of halogens is 1. The molecule has 6 heteroatoms. The molecule has 1 aliphatic heterocycles. The van der Waals surface area contributed by atoms with Crippen LogP contribution in [-0.4, -0.2) is 11.0 Å². The number of carbonyl (C=O) groups excluding carboxylic acids is 1. The van der Waals surface area contributed by atoms with E-state index in [1.165, 1.54) is 11.0 Å². The summed E-state index contributed by atoms with van der Waals surface area (Å²) in [5.74, 6) is 0.182. The highest BCUT2D eigenvalue weighted by molar-refractivity contribution is 7.80. The second kappa shape index (κ2) is 6.81. The second-order valence-electron chi connectivity index (χ2n) is 6.15. The van der Waals surface area contributed by atoms with Crippen molar-refractivity contribution in [1.29, 1.82) is 0 Å². The van der Waals surface area contributed by atoms with Crippen molar-refractivity contribution in [2.75, 3.05) is 4.90 Å². The van der Waals surface area contributed by atoms with Crippen molar-refractivity contribution in [3.8, 4) is 11.3 Å². The molecule has 134 valence electrons. The van der Waals surface area contributed by atoms with Crippen LogP contribution in [0.5, 0.6) is 0 Å². The van der Waals surface area contributed by atoms with E-state index in [1.807, 2.05) is 31.2 Å². The van der Waals surface area contributed by atoms with E-state index in [2.05, 4.69) is 5.32 Å². The van der Waals surface area contributed by atoms with Gasteiger partial charge in [-0.3, -0.25) is 9.69 Å². The van der Waals surface area contributed by atoms with Gasteiger partial charge in [0.1, 0.15) is 23.0 Å². The number of rotatable bonds is 3. The average Bonchev–Trinajstić information content (AvgIpc) is 3.22. The fraction of sp³-hybridized carbons (Fsp3) is 0.0476. The molecular weight excluding hydrogens is 363 g/mol. The molecule has 27 heavy (non-hydrogen) atoms. The number of nitrogens with one attached hydrogen (secondary N) is 1. The summed E-state index contributed by atoms with van der Waals surface area (Å²) in [4.78, 5) is 14.2. The minimum Gasteiger partial charge on any atom is -0.457 e. The van der Waals surface area contributed by atoms with Gasteiger partial charge < -0.3 is 9.73 Å². The molecule has 2 aromatic carbocycles. The fourth-order valence-corrected chi connectivity index (χ4v) is 3.14. The molecule has 2 heterocycles. The Bertz CT molecular complexity index is 1070. The Morgan fingerprint density at radius 1 is 1.07 bits per heavy atom. The van der Waals surface area contributed by atoms with E-state index in [4.69, 9.17) is 16.6 Å². The number of nitrogens with zero attached hydrogens (tertiary/aromatic N) is 1. The lowest BCUT2D eigenvalue weighted by molar-refractivity contribution is -0.113. The van der Waals surface area contributed by atoms with E-state index in [0.717, 1.165) is 5.56 Å². The van der Waals surface area contributed by atoms with Crippen molar-refractivity contribution >= 4 is 35.0 Å². The first-order chi connectivity index (χ1) is 13.0. The Morgan fingerprint density at radius 3 is 2.56 bits per heavy atom. The molecule has 1 fully saturated rings. The van der Waals surface area contributed by atoms with Crippen molar-refractivity contribution in [1.82, 2.24) is 5.32 Å². The molecule has 0 unspecified atom stereocenters. The predicted molar refractivity (Wildman–Crippen MR) is 106 cm³/mol. The first kappa shape index (κ1) is 17.2. The summed E-state index contributed by atoms with van der Waals surface area (Å²) >= 11 is 5.30. The van der Waals surface area contributed by atoms with E-state index in [-0.39, 0.29) is 11.7 Å². The molecule has 0 aliphatic carbocycles. The van der Waals surface area contributed by atoms with Crippen LogP contribution < -0.4 is 10.2 Å². The van der Waals surface area contributed by atoms with E-state index in [9.17, 15) is 9.18 Å². The predicted octanol–water partition coefficient (Wildman–Crippen LogP) is 4.66. The van der Waals surface area contributed by atoms with Crippen LogP contribution in [-0.2, 0) is 4.79 Å². The summed E-state index contributed by atoms with van der Waals surface area (Å²) in [7, 11) is 0. The molecule has 4 rings (SSSR count). The maximum Gasteiger partial charge on any atom is 0.281 e. The Balaban J connectivity index is 1.62. The van der Waals surface area contributed by atoms with Crippen LogP contribution in [0.3, 0.4) is 0 Å². The Labute approximate surface area is 160 Å². The van der Waals surface area contributed by atoms with Gasteiger partial charge in [0.05, 0.1) is 11.3 Å². The fourth-order valence-electron chi connectivity index (χ4n) is 2.84. The number of carbonyl (C=O) groups is 1. The van der Waals surface area contributed by atoms with Crippen molar-refractivity contribution in [3.63, 3.8) is 0 Å². The van der Waals surface area contributed by atoms with Crippen LogP contribution in [0.15, 0.2) is 70.8 Å². The Kier molecular flexibility index (Phi) is 4.33. The molecule has 0 atom stereocenters. The van der Waals surface area contributed by atoms with Crippen LogP contribution in [0.1, 0.15) is 11.3 Å². The van der Waals surface area contributed by atoms with Gasteiger partial charge in [0.25, 0.3) is 5.91 Å². The largest absolute Gasteiger partial charge is 0.457 e. The van der Waals surface area contributed by atoms with Crippen LogP contribution in [0.4, 0.5) is 10.1 Å². The topological polar surface area (TPSA) is 45.5 Å². The first-order valence-corrected chi connectivity index (χ1v) is 8.72. The van der Waals surface area contributed by atoms with E-state index < -0.39 is 0 Å². The average molecular weight is 378 g/mol. The number of amides is 1. The third kappa shape index (κ3) is 3.27. The van der Waals surface area contributed by atoms with Gasteiger partial charge in [-0.2, -0.15) is 0 Å². The zero-order chi connectivity index (χ0) is 19.0. The number of hydrogen-bond donors (Lipinski definition) is 1. The van der Waals surface area contributed by atoms with Gasteiger partial charge in [0.15, 0.2) is 5.11 Å². The monoisotopic (exact) mass is 378 g/mol. The van der Waals surface area contributed by atoms with Gasteiger partial charge in [-0.25, -0.2) is 4.39 Å². The third-order valence-corrected chi connectivity index (χ3v) is 4.51. The molecule has 0 radical (unpaired) electrons. The van der Waals surface area contributed by atoms with Gasteiger partial charge in [0.2, 0.25) is 0 Å². The SMILES string of the molecule is Cc1ccc(N2C(=O)/C(=C\c3ccc(-c4ccccc4F)o3)NC2=S)cc1. The molecule has 0 spiro atoms. The number of furan rings is 1. The van der Waals surface area contributed by atoms with Gasteiger partial charge >= 0.3 is 0 Å². The van der Waals surface area contributed by atoms with Crippen LogP contribution in [0.25, 0.3) is 17.4 Å². The highest BCUT2D eigenvalue weighted by atomic mass is 32.1. The third-order valence-electron chi connectivity index (χ3n) is 4.22. The quantitative estimate of drug-likeness (QED) is 0.532. The second-order valence-corrected chi connectivity index (χ2v) is 6.53. The van der Waals surface area contributed by atoms with E-state index in [1.54, 1.807) is 36.4 Å². The van der Waals surface area contributed by atoms with Crippen molar-refractivity contribution < 1.29 is 13.6 Å². The minimum absolute atomic E-state index is 0.271. The molecule has 0 bridgehead atoms.